The number of hydrogen-bond acceptors (Lipinski definition) is 7. The Hall–Kier alpha value is -4.40. The lowest BCUT2D eigenvalue weighted by molar-refractivity contribution is 0.0600. The van der Waals surface area contributed by atoms with Crippen molar-refractivity contribution in [2.75, 3.05) is 13.9 Å². The summed E-state index contributed by atoms with van der Waals surface area (Å²) in [6.07, 6.45) is 1.52. The van der Waals surface area contributed by atoms with E-state index in [-0.39, 0.29) is 25.4 Å². The maximum absolute atomic E-state index is 13.4. The monoisotopic (exact) mass is 445 g/mol. The number of ether oxygens (including phenoxy) is 3. The second kappa shape index (κ2) is 8.27. The van der Waals surface area contributed by atoms with Gasteiger partial charge < -0.3 is 14.2 Å². The Kier molecular flexibility index (Phi) is 5.14. The highest BCUT2D eigenvalue weighted by Gasteiger charge is 2.17. The summed E-state index contributed by atoms with van der Waals surface area (Å²) in [5, 5.41) is 0. The van der Waals surface area contributed by atoms with Gasteiger partial charge in [0.1, 0.15) is 0 Å². The molecule has 0 spiro atoms. The van der Waals surface area contributed by atoms with E-state index >= 15 is 0 Å². The summed E-state index contributed by atoms with van der Waals surface area (Å²) in [5.74, 6) is 0.759. The second-order valence-corrected chi connectivity index (χ2v) is 7.51. The number of esters is 1. The Labute approximate surface area is 187 Å². The Morgan fingerprint density at radius 3 is 2.48 bits per heavy atom. The van der Waals surface area contributed by atoms with Gasteiger partial charge in [-0.2, -0.15) is 0 Å². The first-order valence-corrected chi connectivity index (χ1v) is 10.2. The first-order chi connectivity index (χ1) is 16.0. The van der Waals surface area contributed by atoms with Crippen molar-refractivity contribution in [3.8, 4) is 11.5 Å². The van der Waals surface area contributed by atoms with Gasteiger partial charge >= 0.3 is 11.7 Å². The van der Waals surface area contributed by atoms with Crippen molar-refractivity contribution < 1.29 is 19.0 Å². The molecule has 0 amide bonds. The molecule has 5 rings (SSSR count). The number of carbonyl (C=O) groups excluding carboxylic acids is 1. The summed E-state index contributed by atoms with van der Waals surface area (Å²) in [6.45, 7) is 0.395. The van der Waals surface area contributed by atoms with Crippen LogP contribution in [0, 0.1) is 0 Å². The molecule has 0 bridgehead atoms. The van der Waals surface area contributed by atoms with Crippen LogP contribution in [0.3, 0.4) is 0 Å². The number of rotatable bonds is 5. The molecule has 3 heterocycles. The molecule has 0 saturated carbocycles. The summed E-state index contributed by atoms with van der Waals surface area (Å²) in [4.78, 5) is 42.5. The number of methoxy groups -OCH3 is 1. The standard InChI is InChI=1S/C24H19N3O6/c1-31-23(29)17-7-4-15(5-8-17)12-26-18-3-2-10-25-21(18)22(28)27(24(26)30)13-16-6-9-19-20(11-16)33-14-32-19/h2-11H,12-14H2,1H3. The van der Waals surface area contributed by atoms with E-state index in [0.29, 0.717) is 22.6 Å². The van der Waals surface area contributed by atoms with Gasteiger partial charge in [0.25, 0.3) is 5.56 Å². The molecule has 2 aromatic carbocycles. The number of carbonyl (C=O) groups is 1. The third-order valence-corrected chi connectivity index (χ3v) is 5.48. The predicted molar refractivity (Wildman–Crippen MR) is 119 cm³/mol. The summed E-state index contributed by atoms with van der Waals surface area (Å²) in [7, 11) is 1.32. The van der Waals surface area contributed by atoms with E-state index in [4.69, 9.17) is 14.2 Å². The quantitative estimate of drug-likeness (QED) is 0.434. The molecule has 0 fully saturated rings. The zero-order valence-electron chi connectivity index (χ0n) is 17.7. The van der Waals surface area contributed by atoms with Crippen LogP contribution in [0.15, 0.2) is 70.4 Å². The Bertz CT molecular complexity index is 1490. The molecular weight excluding hydrogens is 426 g/mol. The highest BCUT2D eigenvalue weighted by atomic mass is 16.7. The minimum absolute atomic E-state index is 0.0576. The first kappa shape index (κ1) is 20.5. The minimum Gasteiger partial charge on any atom is -0.465 e. The Morgan fingerprint density at radius 2 is 1.70 bits per heavy atom. The third-order valence-electron chi connectivity index (χ3n) is 5.48. The number of aromatic nitrogens is 3. The zero-order valence-corrected chi connectivity index (χ0v) is 17.7. The van der Waals surface area contributed by atoms with Gasteiger partial charge in [-0.1, -0.05) is 18.2 Å². The topological polar surface area (TPSA) is 102 Å². The normalized spacial score (nSPS) is 12.2. The molecular formula is C24H19N3O6. The van der Waals surface area contributed by atoms with Gasteiger partial charge in [0, 0.05) is 6.20 Å². The van der Waals surface area contributed by atoms with E-state index in [0.717, 1.165) is 15.7 Å². The number of nitrogens with zero attached hydrogens (tertiary/aromatic N) is 3. The molecule has 33 heavy (non-hydrogen) atoms. The molecule has 9 nitrogen and oxygen atoms in total. The van der Waals surface area contributed by atoms with E-state index in [1.807, 2.05) is 0 Å². The van der Waals surface area contributed by atoms with Crippen molar-refractivity contribution in [1.29, 1.82) is 0 Å². The van der Waals surface area contributed by atoms with Crippen LogP contribution in [0.25, 0.3) is 11.0 Å². The van der Waals surface area contributed by atoms with Gasteiger partial charge in [0.2, 0.25) is 6.79 Å². The Balaban J connectivity index is 1.58. The van der Waals surface area contributed by atoms with Crippen LogP contribution in [-0.2, 0) is 17.8 Å². The van der Waals surface area contributed by atoms with Crippen LogP contribution in [0.5, 0.6) is 11.5 Å². The maximum atomic E-state index is 13.4. The van der Waals surface area contributed by atoms with Crippen LogP contribution in [0.2, 0.25) is 0 Å². The fourth-order valence-corrected chi connectivity index (χ4v) is 3.80. The molecule has 0 unspecified atom stereocenters. The summed E-state index contributed by atoms with van der Waals surface area (Å²) in [5.41, 5.74) is 1.62. The van der Waals surface area contributed by atoms with E-state index in [1.165, 1.54) is 17.9 Å². The third kappa shape index (κ3) is 3.73. The van der Waals surface area contributed by atoms with E-state index in [1.54, 1.807) is 54.6 Å². The highest BCUT2D eigenvalue weighted by molar-refractivity contribution is 5.89. The van der Waals surface area contributed by atoms with Crippen LogP contribution in [-0.4, -0.2) is 34.0 Å². The SMILES string of the molecule is COC(=O)c1ccc(Cn2c(=O)n(Cc3ccc4c(c3)OCO4)c(=O)c3ncccc32)cc1. The van der Waals surface area contributed by atoms with Crippen molar-refractivity contribution in [1.82, 2.24) is 14.1 Å². The smallest absolute Gasteiger partial charge is 0.337 e. The van der Waals surface area contributed by atoms with Crippen LogP contribution < -0.4 is 20.7 Å². The molecule has 0 radical (unpaired) electrons. The van der Waals surface area contributed by atoms with Crippen molar-refractivity contribution in [2.45, 2.75) is 13.1 Å². The maximum Gasteiger partial charge on any atom is 0.337 e. The van der Waals surface area contributed by atoms with Crippen LogP contribution in [0.1, 0.15) is 21.5 Å². The van der Waals surface area contributed by atoms with Crippen molar-refractivity contribution in [2.24, 2.45) is 0 Å². The van der Waals surface area contributed by atoms with Crippen LogP contribution in [0.4, 0.5) is 0 Å². The predicted octanol–water partition coefficient (Wildman–Crippen LogP) is 2.17. The summed E-state index contributed by atoms with van der Waals surface area (Å²) in [6, 6.07) is 15.4. The highest BCUT2D eigenvalue weighted by Crippen LogP contribution is 2.32. The number of hydrogen-bond donors (Lipinski definition) is 0. The summed E-state index contributed by atoms with van der Waals surface area (Å²) < 4.78 is 18.1. The largest absolute Gasteiger partial charge is 0.465 e. The lowest BCUT2D eigenvalue weighted by Crippen LogP contribution is -2.40. The van der Waals surface area contributed by atoms with Crippen LogP contribution >= 0.6 is 0 Å². The number of fused-ring (bicyclic) bond motifs is 2. The van der Waals surface area contributed by atoms with Crippen molar-refractivity contribution >= 4 is 17.0 Å². The lowest BCUT2D eigenvalue weighted by Gasteiger charge is -2.14. The lowest BCUT2D eigenvalue weighted by atomic mass is 10.1. The van der Waals surface area contributed by atoms with Gasteiger partial charge in [0.15, 0.2) is 17.0 Å². The van der Waals surface area contributed by atoms with E-state index in [2.05, 4.69) is 4.98 Å². The Morgan fingerprint density at radius 1 is 0.970 bits per heavy atom. The second-order valence-electron chi connectivity index (χ2n) is 7.51. The molecule has 0 N–H and O–H groups in total. The minimum atomic E-state index is -0.467. The van der Waals surface area contributed by atoms with Gasteiger partial charge in [-0.25, -0.2) is 14.6 Å². The zero-order chi connectivity index (χ0) is 22.9. The number of benzene rings is 2. The molecule has 166 valence electrons. The molecule has 1 aliphatic rings. The molecule has 1 aliphatic heterocycles. The molecule has 2 aromatic heterocycles. The first-order valence-electron chi connectivity index (χ1n) is 10.2. The molecule has 0 saturated heterocycles. The van der Waals surface area contributed by atoms with E-state index in [9.17, 15) is 14.4 Å². The van der Waals surface area contributed by atoms with Crippen molar-refractivity contribution in [3.63, 3.8) is 0 Å². The molecule has 4 aromatic rings. The van der Waals surface area contributed by atoms with Gasteiger partial charge in [-0.15, -0.1) is 0 Å². The molecule has 9 heteroatoms. The van der Waals surface area contributed by atoms with E-state index < -0.39 is 17.2 Å². The fraction of sp³-hybridized carbons (Fsp3) is 0.167. The average molecular weight is 445 g/mol. The number of pyridine rings is 1. The molecule has 0 aliphatic carbocycles. The summed E-state index contributed by atoms with van der Waals surface area (Å²) >= 11 is 0. The fourth-order valence-electron chi connectivity index (χ4n) is 3.80. The average Bonchev–Trinajstić information content (AvgIpc) is 3.32. The van der Waals surface area contributed by atoms with Gasteiger partial charge in [-0.05, 0) is 47.5 Å². The van der Waals surface area contributed by atoms with Gasteiger partial charge in [-0.3, -0.25) is 13.9 Å². The van der Waals surface area contributed by atoms with Gasteiger partial charge in [0.05, 0.1) is 31.3 Å². The van der Waals surface area contributed by atoms with Crippen molar-refractivity contribution in [3.05, 3.63) is 98.3 Å². The molecule has 0 atom stereocenters.